The minimum absolute atomic E-state index is 0.0154. The number of carbonyl (C=O) groups is 1. The Balaban J connectivity index is 2.13. The van der Waals surface area contributed by atoms with Crippen molar-refractivity contribution in [3.63, 3.8) is 0 Å². The molecule has 1 aromatic rings. The van der Waals surface area contributed by atoms with Crippen molar-refractivity contribution < 1.29 is 13.2 Å². The molecule has 1 aromatic carbocycles. The number of nitrogens with zero attached hydrogens (tertiary/aromatic N) is 1. The van der Waals surface area contributed by atoms with E-state index in [1.54, 1.807) is 25.7 Å². The summed E-state index contributed by atoms with van der Waals surface area (Å²) in [5, 5.41) is 0. The number of hydrogen-bond acceptors (Lipinski definition) is 3. The minimum atomic E-state index is -3.20. The van der Waals surface area contributed by atoms with Gasteiger partial charge < -0.3 is 4.90 Å². The van der Waals surface area contributed by atoms with Crippen molar-refractivity contribution in [1.29, 1.82) is 0 Å². The molecule has 0 saturated carbocycles. The number of sulfone groups is 1. The van der Waals surface area contributed by atoms with Crippen LogP contribution >= 0.6 is 22.6 Å². The molecule has 1 aliphatic rings. The molecule has 1 amide bonds. The van der Waals surface area contributed by atoms with Gasteiger partial charge in [0, 0.05) is 22.2 Å². The second-order valence-electron chi connectivity index (χ2n) is 6.27. The summed E-state index contributed by atoms with van der Waals surface area (Å²) in [5.41, 5.74) is 1.76. The molecule has 0 atom stereocenters. The van der Waals surface area contributed by atoms with Gasteiger partial charge in [-0.25, -0.2) is 8.42 Å². The highest BCUT2D eigenvalue weighted by Crippen LogP contribution is 2.22. The third-order valence-corrected chi connectivity index (χ3v) is 7.06. The van der Waals surface area contributed by atoms with Gasteiger partial charge >= 0.3 is 0 Å². The molecule has 0 N–H and O–H groups in total. The summed E-state index contributed by atoms with van der Waals surface area (Å²) in [6.07, 6.45) is 0.785. The number of amides is 1. The van der Waals surface area contributed by atoms with Crippen molar-refractivity contribution in [3.05, 3.63) is 32.9 Å². The molecule has 0 spiro atoms. The maximum Gasteiger partial charge on any atom is 0.254 e. The molecular formula is C15H20INO3S. The quantitative estimate of drug-likeness (QED) is 0.705. The van der Waals surface area contributed by atoms with Gasteiger partial charge in [-0.05, 0) is 67.5 Å². The predicted octanol–water partition coefficient (Wildman–Crippen LogP) is 2.50. The van der Waals surface area contributed by atoms with Crippen LogP contribution in [0.5, 0.6) is 0 Å². The summed E-state index contributed by atoms with van der Waals surface area (Å²) < 4.78 is 24.6. The lowest BCUT2D eigenvalue weighted by molar-refractivity contribution is 0.0750. The van der Waals surface area contributed by atoms with Crippen LogP contribution in [0.2, 0.25) is 0 Å². The monoisotopic (exact) mass is 421 g/mol. The topological polar surface area (TPSA) is 54.5 Å². The zero-order chi connectivity index (χ0) is 15.8. The zero-order valence-corrected chi connectivity index (χ0v) is 15.5. The molecule has 0 fully saturated rings. The number of hydrogen-bond donors (Lipinski definition) is 0. The van der Waals surface area contributed by atoms with Gasteiger partial charge in [0.25, 0.3) is 5.91 Å². The molecule has 2 rings (SSSR count). The number of fused-ring (bicyclic) bond motifs is 1. The van der Waals surface area contributed by atoms with Crippen LogP contribution in [-0.2, 0) is 16.3 Å². The van der Waals surface area contributed by atoms with Crippen LogP contribution in [0.15, 0.2) is 18.2 Å². The predicted molar refractivity (Wildman–Crippen MR) is 92.3 cm³/mol. The van der Waals surface area contributed by atoms with Gasteiger partial charge in [0.15, 0.2) is 9.84 Å². The van der Waals surface area contributed by atoms with E-state index in [9.17, 15) is 13.2 Å². The van der Waals surface area contributed by atoms with E-state index >= 15 is 0 Å². The third-order valence-electron chi connectivity index (χ3n) is 3.80. The molecular weight excluding hydrogens is 401 g/mol. The molecule has 0 radical (unpaired) electrons. The van der Waals surface area contributed by atoms with Crippen molar-refractivity contribution in [3.8, 4) is 0 Å². The van der Waals surface area contributed by atoms with Crippen LogP contribution in [0.3, 0.4) is 0 Å². The van der Waals surface area contributed by atoms with Crippen LogP contribution in [-0.4, -0.2) is 42.8 Å². The van der Waals surface area contributed by atoms with E-state index in [0.29, 0.717) is 12.1 Å². The first-order valence-electron chi connectivity index (χ1n) is 6.92. The fourth-order valence-electron chi connectivity index (χ4n) is 2.24. The first-order valence-corrected chi connectivity index (χ1v) is 9.65. The molecule has 6 heteroatoms. The Labute approximate surface area is 140 Å². The Morgan fingerprint density at radius 1 is 1.29 bits per heavy atom. The van der Waals surface area contributed by atoms with E-state index < -0.39 is 14.6 Å². The smallest absolute Gasteiger partial charge is 0.254 e. The van der Waals surface area contributed by atoms with Crippen molar-refractivity contribution in [1.82, 2.24) is 4.90 Å². The van der Waals surface area contributed by atoms with Crippen LogP contribution in [0.1, 0.15) is 36.7 Å². The molecule has 0 aromatic heterocycles. The van der Waals surface area contributed by atoms with E-state index in [0.717, 1.165) is 15.6 Å². The van der Waals surface area contributed by atoms with Gasteiger partial charge in [-0.3, -0.25) is 4.79 Å². The number of rotatable bonds is 3. The lowest BCUT2D eigenvalue weighted by Crippen LogP contribution is -2.42. The van der Waals surface area contributed by atoms with E-state index in [1.807, 2.05) is 18.2 Å². The largest absolute Gasteiger partial charge is 0.337 e. The fourth-order valence-corrected chi connectivity index (χ4v) is 3.81. The Morgan fingerprint density at radius 3 is 2.57 bits per heavy atom. The van der Waals surface area contributed by atoms with Crippen LogP contribution < -0.4 is 0 Å². The number of halogens is 1. The van der Waals surface area contributed by atoms with Crippen molar-refractivity contribution in [2.24, 2.45) is 0 Å². The van der Waals surface area contributed by atoms with Crippen LogP contribution in [0.4, 0.5) is 0 Å². The van der Waals surface area contributed by atoms with E-state index in [4.69, 9.17) is 0 Å². The standard InChI is InChI=1S/C15H20INO3S/c1-15(2,3)21(19,20)9-8-17-7-6-11-4-5-12(16)10-13(11)14(17)18/h4-5,10H,6-9H2,1-3H3. The van der Waals surface area contributed by atoms with Gasteiger partial charge in [-0.1, -0.05) is 6.07 Å². The highest BCUT2D eigenvalue weighted by molar-refractivity contribution is 14.1. The second-order valence-corrected chi connectivity index (χ2v) is 10.4. The van der Waals surface area contributed by atoms with Gasteiger partial charge in [0.2, 0.25) is 0 Å². The second kappa shape index (κ2) is 5.87. The van der Waals surface area contributed by atoms with Crippen molar-refractivity contribution in [2.75, 3.05) is 18.8 Å². The van der Waals surface area contributed by atoms with E-state index in [1.165, 1.54) is 0 Å². The van der Waals surface area contributed by atoms with E-state index in [-0.39, 0.29) is 18.2 Å². The highest BCUT2D eigenvalue weighted by atomic mass is 127. The zero-order valence-electron chi connectivity index (χ0n) is 12.5. The molecule has 0 aliphatic carbocycles. The molecule has 1 heterocycles. The van der Waals surface area contributed by atoms with Gasteiger partial charge in [0.05, 0.1) is 10.5 Å². The van der Waals surface area contributed by atoms with Crippen LogP contribution in [0, 0.1) is 3.57 Å². The summed E-state index contributed by atoms with van der Waals surface area (Å²) in [6, 6.07) is 5.85. The van der Waals surface area contributed by atoms with E-state index in [2.05, 4.69) is 22.6 Å². The third kappa shape index (κ3) is 3.59. The SMILES string of the molecule is CC(C)(C)S(=O)(=O)CCN1CCc2ccc(I)cc2C1=O. The maximum atomic E-state index is 12.5. The Hall–Kier alpha value is -0.630. The Bertz CT molecular complexity index is 662. The molecule has 1 aliphatic heterocycles. The number of carbonyl (C=O) groups excluding carboxylic acids is 1. The summed E-state index contributed by atoms with van der Waals surface area (Å²) in [4.78, 5) is 14.1. The lowest BCUT2D eigenvalue weighted by atomic mass is 9.99. The van der Waals surface area contributed by atoms with Gasteiger partial charge in [-0.2, -0.15) is 0 Å². The van der Waals surface area contributed by atoms with Gasteiger partial charge in [-0.15, -0.1) is 0 Å². The molecule has 0 bridgehead atoms. The summed E-state index contributed by atoms with van der Waals surface area (Å²) in [7, 11) is -3.20. The molecule has 21 heavy (non-hydrogen) atoms. The summed E-state index contributed by atoms with van der Waals surface area (Å²) >= 11 is 2.18. The normalized spacial score (nSPS) is 16.0. The fraction of sp³-hybridized carbons (Fsp3) is 0.533. The van der Waals surface area contributed by atoms with Crippen LogP contribution in [0.25, 0.3) is 0 Å². The average Bonchev–Trinajstić information content (AvgIpc) is 2.37. The summed E-state index contributed by atoms with van der Waals surface area (Å²) in [5.74, 6) is -0.0412. The molecule has 0 unspecified atom stereocenters. The Kier molecular flexibility index (Phi) is 4.68. The highest BCUT2D eigenvalue weighted by Gasteiger charge is 2.31. The minimum Gasteiger partial charge on any atom is -0.337 e. The lowest BCUT2D eigenvalue weighted by Gasteiger charge is -2.29. The first-order chi connectivity index (χ1) is 9.62. The van der Waals surface area contributed by atoms with Gasteiger partial charge in [0.1, 0.15) is 0 Å². The van der Waals surface area contributed by atoms with Crippen molar-refractivity contribution in [2.45, 2.75) is 31.9 Å². The Morgan fingerprint density at radius 2 is 1.95 bits per heavy atom. The van der Waals surface area contributed by atoms with Crippen molar-refractivity contribution >= 4 is 38.3 Å². The molecule has 4 nitrogen and oxygen atoms in total. The first kappa shape index (κ1) is 16.7. The molecule has 0 saturated heterocycles. The summed E-state index contributed by atoms with van der Waals surface area (Å²) in [6.45, 7) is 5.93. The molecule has 116 valence electrons. The average molecular weight is 421 g/mol. The number of benzene rings is 1. The maximum absolute atomic E-state index is 12.5.